The zero-order chi connectivity index (χ0) is 14.4. The number of benzene rings is 1. The molecule has 0 aliphatic carbocycles. The molecule has 0 bridgehead atoms. The first-order valence-corrected chi connectivity index (χ1v) is 7.01. The minimum Gasteiger partial charge on any atom is -0.498 e. The van der Waals surface area contributed by atoms with E-state index in [1.165, 1.54) is 0 Å². The van der Waals surface area contributed by atoms with Crippen molar-refractivity contribution in [2.24, 2.45) is 0 Å². The zero-order valence-corrected chi connectivity index (χ0v) is 11.8. The molecule has 4 heteroatoms. The molecule has 2 N–H and O–H groups in total. The highest BCUT2D eigenvalue weighted by Crippen LogP contribution is 2.22. The van der Waals surface area contributed by atoms with Crippen LogP contribution in [-0.4, -0.2) is 24.2 Å². The second kappa shape index (κ2) is 7.10. The number of aliphatic hydroxyl groups is 1. The van der Waals surface area contributed by atoms with E-state index in [-0.39, 0.29) is 18.6 Å². The molecule has 1 aliphatic rings. The van der Waals surface area contributed by atoms with Gasteiger partial charge in [0.15, 0.2) is 0 Å². The Kier molecular flexibility index (Phi) is 5.18. The summed E-state index contributed by atoms with van der Waals surface area (Å²) in [7, 11) is 0. The van der Waals surface area contributed by atoms with Gasteiger partial charge in [-0.25, -0.2) is 0 Å². The molecule has 2 rings (SSSR count). The van der Waals surface area contributed by atoms with Gasteiger partial charge in [-0.2, -0.15) is 0 Å². The lowest BCUT2D eigenvalue weighted by atomic mass is 10.0. The minimum atomic E-state index is -0.170. The van der Waals surface area contributed by atoms with Gasteiger partial charge in [0.25, 0.3) is 5.91 Å². The molecule has 0 spiro atoms. The summed E-state index contributed by atoms with van der Waals surface area (Å²) >= 11 is 0. The average molecular weight is 275 g/mol. The highest BCUT2D eigenvalue weighted by Gasteiger charge is 2.21. The van der Waals surface area contributed by atoms with Crippen molar-refractivity contribution in [2.45, 2.75) is 32.2 Å². The van der Waals surface area contributed by atoms with Gasteiger partial charge in [0.2, 0.25) is 0 Å². The predicted octanol–water partition coefficient (Wildman–Crippen LogP) is 2.31. The van der Waals surface area contributed by atoms with E-state index in [2.05, 4.69) is 5.32 Å². The second-order valence-corrected chi connectivity index (χ2v) is 4.94. The predicted molar refractivity (Wildman–Crippen MR) is 76.9 cm³/mol. The maximum atomic E-state index is 12.3. The third-order valence-corrected chi connectivity index (χ3v) is 3.51. The Morgan fingerprint density at radius 1 is 1.40 bits per heavy atom. The number of aliphatic hydroxyl groups excluding tert-OH is 1. The van der Waals surface area contributed by atoms with Crippen molar-refractivity contribution in [3.63, 3.8) is 0 Å². The summed E-state index contributed by atoms with van der Waals surface area (Å²) in [6.07, 6.45) is 2.12. The number of rotatable bonds is 5. The molecule has 1 aromatic carbocycles. The van der Waals surface area contributed by atoms with Crippen LogP contribution in [0, 0.1) is 0 Å². The van der Waals surface area contributed by atoms with Crippen LogP contribution in [0.25, 0.3) is 0 Å². The highest BCUT2D eigenvalue weighted by molar-refractivity contribution is 5.94. The van der Waals surface area contributed by atoms with Crippen molar-refractivity contribution >= 4 is 5.91 Å². The Hall–Kier alpha value is -1.81. The molecule has 1 atom stereocenters. The molecule has 1 amide bonds. The molecule has 0 fully saturated rings. The number of carbonyl (C=O) groups is 1. The summed E-state index contributed by atoms with van der Waals surface area (Å²) in [5.74, 6) is 0.620. The van der Waals surface area contributed by atoms with E-state index >= 15 is 0 Å². The van der Waals surface area contributed by atoms with Gasteiger partial charge in [-0.05, 0) is 31.7 Å². The van der Waals surface area contributed by atoms with Crippen molar-refractivity contribution in [1.29, 1.82) is 0 Å². The van der Waals surface area contributed by atoms with E-state index in [0.717, 1.165) is 24.0 Å². The first kappa shape index (κ1) is 14.6. The lowest BCUT2D eigenvalue weighted by Gasteiger charge is -2.22. The van der Waals surface area contributed by atoms with Crippen LogP contribution in [0.5, 0.6) is 0 Å². The first-order chi connectivity index (χ1) is 9.72. The molecular weight excluding hydrogens is 254 g/mol. The van der Waals surface area contributed by atoms with E-state index in [1.807, 2.05) is 37.3 Å². The van der Waals surface area contributed by atoms with Crippen molar-refractivity contribution in [3.8, 4) is 0 Å². The normalized spacial score (nSPS) is 16.5. The Morgan fingerprint density at radius 2 is 2.15 bits per heavy atom. The number of hydrogen-bond acceptors (Lipinski definition) is 3. The molecule has 1 aliphatic heterocycles. The van der Waals surface area contributed by atoms with Gasteiger partial charge in [0, 0.05) is 6.61 Å². The molecule has 0 saturated heterocycles. The quantitative estimate of drug-likeness (QED) is 0.867. The van der Waals surface area contributed by atoms with E-state index in [4.69, 9.17) is 4.74 Å². The third-order valence-electron chi connectivity index (χ3n) is 3.51. The van der Waals surface area contributed by atoms with Crippen molar-refractivity contribution < 1.29 is 14.6 Å². The van der Waals surface area contributed by atoms with Gasteiger partial charge >= 0.3 is 0 Å². The lowest BCUT2D eigenvalue weighted by molar-refractivity contribution is -0.119. The maximum Gasteiger partial charge on any atom is 0.251 e. The lowest BCUT2D eigenvalue weighted by Crippen LogP contribution is -2.32. The van der Waals surface area contributed by atoms with Crippen LogP contribution in [0.4, 0.5) is 0 Å². The van der Waals surface area contributed by atoms with Crippen LogP contribution in [0.2, 0.25) is 0 Å². The van der Waals surface area contributed by atoms with E-state index < -0.39 is 0 Å². The molecule has 1 heterocycles. The van der Waals surface area contributed by atoms with Crippen LogP contribution < -0.4 is 5.32 Å². The standard InChI is InChI=1S/C16H21NO3/c1-12-14(8-5-11-20-12)16(19)17-15(9-10-18)13-6-3-2-4-7-13/h2-4,6-7,15,18H,5,8-11H2,1H3,(H,17,19). The zero-order valence-electron chi connectivity index (χ0n) is 11.8. The smallest absolute Gasteiger partial charge is 0.251 e. The fraction of sp³-hybridized carbons (Fsp3) is 0.438. The van der Waals surface area contributed by atoms with Gasteiger partial charge in [0.05, 0.1) is 18.2 Å². The minimum absolute atomic E-state index is 0.0361. The number of amides is 1. The average Bonchev–Trinajstić information content (AvgIpc) is 2.48. The molecule has 0 aromatic heterocycles. The van der Waals surface area contributed by atoms with E-state index in [9.17, 15) is 9.90 Å². The first-order valence-electron chi connectivity index (χ1n) is 7.01. The molecular formula is C16H21NO3. The third kappa shape index (κ3) is 3.61. The maximum absolute atomic E-state index is 12.3. The summed E-state index contributed by atoms with van der Waals surface area (Å²) in [5, 5.41) is 12.2. The SMILES string of the molecule is CC1=C(C(=O)NC(CCO)c2ccccc2)CCCO1. The van der Waals surface area contributed by atoms with Crippen molar-refractivity contribution in [3.05, 3.63) is 47.2 Å². The Bertz CT molecular complexity index is 482. The largest absolute Gasteiger partial charge is 0.498 e. The van der Waals surface area contributed by atoms with Crippen molar-refractivity contribution in [1.82, 2.24) is 5.32 Å². The molecule has 20 heavy (non-hydrogen) atoms. The summed E-state index contributed by atoms with van der Waals surface area (Å²) in [6.45, 7) is 2.55. The van der Waals surface area contributed by atoms with Crippen LogP contribution in [-0.2, 0) is 9.53 Å². The van der Waals surface area contributed by atoms with Gasteiger partial charge < -0.3 is 15.2 Å². The Balaban J connectivity index is 2.10. The second-order valence-electron chi connectivity index (χ2n) is 4.94. The molecule has 0 saturated carbocycles. The molecule has 1 unspecified atom stereocenters. The number of hydrogen-bond donors (Lipinski definition) is 2. The fourth-order valence-corrected chi connectivity index (χ4v) is 2.39. The van der Waals surface area contributed by atoms with Crippen LogP contribution in [0.1, 0.15) is 37.8 Å². The summed E-state index contributed by atoms with van der Waals surface area (Å²) < 4.78 is 5.43. The topological polar surface area (TPSA) is 58.6 Å². The van der Waals surface area contributed by atoms with Gasteiger partial charge in [-0.1, -0.05) is 30.3 Å². The monoisotopic (exact) mass is 275 g/mol. The van der Waals surface area contributed by atoms with Crippen LogP contribution in [0.15, 0.2) is 41.7 Å². The number of ether oxygens (including phenoxy) is 1. The number of nitrogens with one attached hydrogen (secondary N) is 1. The summed E-state index contributed by atoms with van der Waals surface area (Å²) in [6, 6.07) is 9.54. The van der Waals surface area contributed by atoms with Crippen LogP contribution >= 0.6 is 0 Å². The van der Waals surface area contributed by atoms with Crippen molar-refractivity contribution in [2.75, 3.05) is 13.2 Å². The van der Waals surface area contributed by atoms with Gasteiger partial charge in [0.1, 0.15) is 5.76 Å². The van der Waals surface area contributed by atoms with Gasteiger partial charge in [-0.3, -0.25) is 4.79 Å². The highest BCUT2D eigenvalue weighted by atomic mass is 16.5. The molecule has 4 nitrogen and oxygen atoms in total. The number of carbonyl (C=O) groups excluding carboxylic acids is 1. The molecule has 108 valence electrons. The summed E-state index contributed by atoms with van der Waals surface area (Å²) in [4.78, 5) is 12.3. The van der Waals surface area contributed by atoms with E-state index in [1.54, 1.807) is 0 Å². The molecule has 1 aromatic rings. The number of allylic oxidation sites excluding steroid dienone is 1. The van der Waals surface area contributed by atoms with Crippen LogP contribution in [0.3, 0.4) is 0 Å². The Morgan fingerprint density at radius 3 is 2.80 bits per heavy atom. The van der Waals surface area contributed by atoms with E-state index in [0.29, 0.717) is 18.8 Å². The van der Waals surface area contributed by atoms with Gasteiger partial charge in [-0.15, -0.1) is 0 Å². The molecule has 0 radical (unpaired) electrons. The fourth-order valence-electron chi connectivity index (χ4n) is 2.39. The Labute approximate surface area is 119 Å². The summed E-state index contributed by atoms with van der Waals surface area (Å²) in [5.41, 5.74) is 1.72.